The van der Waals surface area contributed by atoms with Gasteiger partial charge in [0.25, 0.3) is 0 Å². The van der Waals surface area contributed by atoms with E-state index in [0.29, 0.717) is 74.3 Å². The number of aliphatic hydroxyl groups is 1. The van der Waals surface area contributed by atoms with E-state index in [1.165, 1.54) is 30.8 Å². The molecule has 3 aromatic rings. The van der Waals surface area contributed by atoms with E-state index in [1.807, 2.05) is 26.8 Å². The van der Waals surface area contributed by atoms with Crippen LogP contribution in [-0.2, 0) is 38.1 Å². The SMILES string of the molecule is CO[C@@H](C[C@H]1OC(=O)C[C@@H](O)CCCC(=O)[C@@H](C)[C@@H](OC)c2coc(n2)-c2coc(n2)-c2coc(n2)C=CCC[C@H]1C)[C@@H](C)CCC(=O)[C@H](C)[C@@H](C/C=C/N(C)C=O)OC. The van der Waals surface area contributed by atoms with Crippen molar-refractivity contribution in [3.8, 4) is 23.2 Å². The zero-order valence-electron chi connectivity index (χ0n) is 36.1. The van der Waals surface area contributed by atoms with Crippen molar-refractivity contribution in [1.82, 2.24) is 19.9 Å². The number of rotatable bonds is 15. The minimum Gasteiger partial charge on any atom is -0.462 e. The summed E-state index contributed by atoms with van der Waals surface area (Å²) < 4.78 is 40.3. The van der Waals surface area contributed by atoms with Gasteiger partial charge in [-0.05, 0) is 56.4 Å². The normalized spacial score (nSPS) is 23.2. The molecular formula is C44H62N4O12. The van der Waals surface area contributed by atoms with Crippen molar-refractivity contribution in [3.05, 3.63) is 48.7 Å². The molecule has 0 spiro atoms. The lowest BCUT2D eigenvalue weighted by Crippen LogP contribution is -2.34. The van der Waals surface area contributed by atoms with Gasteiger partial charge >= 0.3 is 5.97 Å². The summed E-state index contributed by atoms with van der Waals surface area (Å²) in [7, 11) is 6.30. The number of hydrogen-bond donors (Lipinski definition) is 1. The molecule has 16 heteroatoms. The molecule has 0 saturated carbocycles. The van der Waals surface area contributed by atoms with Gasteiger partial charge in [-0.25, -0.2) is 15.0 Å². The predicted octanol–water partition coefficient (Wildman–Crippen LogP) is 7.19. The van der Waals surface area contributed by atoms with E-state index >= 15 is 0 Å². The van der Waals surface area contributed by atoms with Gasteiger partial charge in [0.2, 0.25) is 24.1 Å². The number of ether oxygens (including phenoxy) is 4. The molecule has 9 atom stereocenters. The Bertz CT molecular complexity index is 1870. The van der Waals surface area contributed by atoms with Crippen molar-refractivity contribution in [2.75, 3.05) is 28.4 Å². The smallest absolute Gasteiger partial charge is 0.308 e. The van der Waals surface area contributed by atoms with Crippen LogP contribution in [0.4, 0.5) is 0 Å². The highest BCUT2D eigenvalue weighted by Gasteiger charge is 2.32. The van der Waals surface area contributed by atoms with Crippen LogP contribution in [0.25, 0.3) is 29.2 Å². The van der Waals surface area contributed by atoms with Crippen molar-refractivity contribution in [1.29, 1.82) is 0 Å². The molecule has 16 nitrogen and oxygen atoms in total. The van der Waals surface area contributed by atoms with E-state index in [4.69, 9.17) is 32.2 Å². The van der Waals surface area contributed by atoms with Gasteiger partial charge in [-0.2, -0.15) is 0 Å². The van der Waals surface area contributed by atoms with Crippen LogP contribution in [0.1, 0.15) is 110 Å². The number of esters is 1. The summed E-state index contributed by atoms with van der Waals surface area (Å²) in [5, 5.41) is 10.9. The summed E-state index contributed by atoms with van der Waals surface area (Å²) in [4.78, 5) is 65.6. The van der Waals surface area contributed by atoms with Crippen LogP contribution in [-0.4, -0.2) is 102 Å². The van der Waals surface area contributed by atoms with Crippen LogP contribution < -0.4 is 0 Å². The molecule has 1 amide bonds. The van der Waals surface area contributed by atoms with Crippen LogP contribution in [0.2, 0.25) is 0 Å². The Balaban J connectivity index is 1.47. The van der Waals surface area contributed by atoms with Crippen molar-refractivity contribution in [2.24, 2.45) is 23.7 Å². The number of nitrogens with zero attached hydrogens (tertiary/aromatic N) is 4. The van der Waals surface area contributed by atoms with E-state index in [1.54, 1.807) is 46.5 Å². The quantitative estimate of drug-likeness (QED) is 0.119. The number of carbonyl (C=O) groups excluding carboxylic acids is 4. The topological polar surface area (TPSA) is 207 Å². The maximum Gasteiger partial charge on any atom is 0.308 e. The fourth-order valence-electron chi connectivity index (χ4n) is 7.29. The third-order valence-electron chi connectivity index (χ3n) is 11.3. The van der Waals surface area contributed by atoms with Crippen molar-refractivity contribution in [3.63, 3.8) is 0 Å². The Morgan fingerprint density at radius 2 is 1.68 bits per heavy atom. The maximum absolute atomic E-state index is 13.4. The van der Waals surface area contributed by atoms with Gasteiger partial charge in [0.05, 0.1) is 24.7 Å². The Morgan fingerprint density at radius 1 is 0.983 bits per heavy atom. The molecule has 0 saturated heterocycles. The number of methoxy groups -OCH3 is 3. The number of oxazole rings is 3. The zero-order valence-corrected chi connectivity index (χ0v) is 36.1. The van der Waals surface area contributed by atoms with Crippen molar-refractivity contribution in [2.45, 2.75) is 122 Å². The lowest BCUT2D eigenvalue weighted by Gasteiger charge is -2.31. The monoisotopic (exact) mass is 838 g/mol. The molecule has 6 bridgehead atoms. The number of allylic oxidation sites excluding steroid dienone is 1. The largest absolute Gasteiger partial charge is 0.462 e. The summed E-state index contributed by atoms with van der Waals surface area (Å²) in [6.07, 6.45) is 12.6. The first-order valence-corrected chi connectivity index (χ1v) is 20.7. The molecule has 1 aliphatic heterocycles. The minimum atomic E-state index is -1.01. The highest BCUT2D eigenvalue weighted by molar-refractivity contribution is 5.81. The number of Topliss-reactive ketones (excluding diaryl/α,β-unsaturated/α-hetero) is 2. The Kier molecular flexibility index (Phi) is 19.1. The molecule has 4 rings (SSSR count). The van der Waals surface area contributed by atoms with E-state index < -0.39 is 30.2 Å². The van der Waals surface area contributed by atoms with Gasteiger partial charge < -0.3 is 42.2 Å². The number of fused-ring (bicyclic) bond motifs is 8. The number of carbonyl (C=O) groups is 4. The molecule has 4 heterocycles. The Labute approximate surface area is 352 Å². The first kappa shape index (κ1) is 47.9. The van der Waals surface area contributed by atoms with Crippen molar-refractivity contribution >= 4 is 30.0 Å². The predicted molar refractivity (Wildman–Crippen MR) is 220 cm³/mol. The number of aliphatic hydroxyl groups excluding tert-OH is 1. The van der Waals surface area contributed by atoms with Gasteiger partial charge in [0, 0.05) is 65.7 Å². The molecule has 1 N–H and O–H groups in total. The molecule has 1 aliphatic rings. The highest BCUT2D eigenvalue weighted by Crippen LogP contribution is 2.32. The number of cyclic esters (lactones) is 1. The van der Waals surface area contributed by atoms with Crippen LogP contribution in [0, 0.1) is 23.7 Å². The van der Waals surface area contributed by atoms with E-state index in [0.717, 1.165) is 0 Å². The van der Waals surface area contributed by atoms with E-state index in [-0.39, 0.29) is 72.6 Å². The third kappa shape index (κ3) is 13.9. The number of amides is 1. The second kappa shape index (κ2) is 23.9. The molecular weight excluding hydrogens is 776 g/mol. The van der Waals surface area contributed by atoms with Crippen LogP contribution in [0.3, 0.4) is 0 Å². The number of ketones is 2. The summed E-state index contributed by atoms with van der Waals surface area (Å²) in [5.74, 6) is -0.952. The number of hydrogen-bond acceptors (Lipinski definition) is 15. The molecule has 0 unspecified atom stereocenters. The van der Waals surface area contributed by atoms with Crippen LogP contribution >= 0.6 is 0 Å². The first-order chi connectivity index (χ1) is 28.8. The maximum atomic E-state index is 13.4. The molecule has 3 aromatic heterocycles. The van der Waals surface area contributed by atoms with Gasteiger partial charge in [-0.1, -0.05) is 39.8 Å². The van der Waals surface area contributed by atoms with Gasteiger partial charge in [-0.3, -0.25) is 19.2 Å². The van der Waals surface area contributed by atoms with Crippen LogP contribution in [0.15, 0.2) is 50.4 Å². The minimum absolute atomic E-state index is 0.0559. The average molecular weight is 839 g/mol. The fraction of sp³-hybridized carbons (Fsp3) is 0.614. The molecule has 0 radical (unpaired) electrons. The molecule has 60 heavy (non-hydrogen) atoms. The average Bonchev–Trinajstić information content (AvgIpc) is 4.03. The lowest BCUT2D eigenvalue weighted by molar-refractivity contribution is -0.156. The lowest BCUT2D eigenvalue weighted by atomic mass is 9.86. The van der Waals surface area contributed by atoms with Gasteiger partial charge in [0.15, 0.2) is 11.4 Å². The molecule has 0 aliphatic carbocycles. The van der Waals surface area contributed by atoms with Gasteiger partial charge in [-0.15, -0.1) is 0 Å². The summed E-state index contributed by atoms with van der Waals surface area (Å²) in [6.45, 7) is 7.62. The molecule has 0 fully saturated rings. The van der Waals surface area contributed by atoms with Crippen LogP contribution in [0.5, 0.6) is 0 Å². The van der Waals surface area contributed by atoms with Gasteiger partial charge in [0.1, 0.15) is 48.3 Å². The number of aromatic nitrogens is 3. The standard InChI is InChI=1S/C44H62N4O12/c1-27-13-9-10-17-40-45-33(24-57-40)43-47-34(25-59-43)44-46-32(23-58-44)42(56-8)30(4)35(51)15-11-14-31(50)21-41(53)60-39(27)22-38(55-7)28(2)18-19-36(52)29(3)37(54-6)16-12-20-48(5)26-49/h10,12,17,20,23-31,37-39,42,50H,9,11,13-16,18-19,21-22H2,1-8H3/b17-10?,20-12+/t27-,28+,29+,30-,31+,37-,38+,39-,42-/m1/s1. The Morgan fingerprint density at radius 3 is 2.40 bits per heavy atom. The summed E-state index contributed by atoms with van der Waals surface area (Å²) in [5.41, 5.74) is 1.12. The van der Waals surface area contributed by atoms with E-state index in [9.17, 15) is 24.3 Å². The molecule has 330 valence electrons. The first-order valence-electron chi connectivity index (χ1n) is 20.7. The zero-order chi connectivity index (χ0) is 43.8. The summed E-state index contributed by atoms with van der Waals surface area (Å²) >= 11 is 0. The second-order valence-corrected chi connectivity index (χ2v) is 15.8. The second-order valence-electron chi connectivity index (χ2n) is 15.8. The highest BCUT2D eigenvalue weighted by atomic mass is 16.5. The molecule has 0 aromatic carbocycles. The van der Waals surface area contributed by atoms with E-state index in [2.05, 4.69) is 15.0 Å². The fourth-order valence-corrected chi connectivity index (χ4v) is 7.29. The Hall–Kier alpha value is -4.77. The van der Waals surface area contributed by atoms with Crippen molar-refractivity contribution < 1.29 is 56.5 Å². The third-order valence-corrected chi connectivity index (χ3v) is 11.3. The summed E-state index contributed by atoms with van der Waals surface area (Å²) in [6, 6.07) is 0.